The second kappa shape index (κ2) is 6.85. The maximum atomic E-state index is 13.8. The van der Waals surface area contributed by atoms with Crippen LogP contribution in [0.5, 0.6) is 11.6 Å². The van der Waals surface area contributed by atoms with Crippen LogP contribution >= 0.6 is 15.9 Å². The second-order valence-electron chi connectivity index (χ2n) is 4.75. The van der Waals surface area contributed by atoms with E-state index in [0.29, 0.717) is 11.7 Å². The van der Waals surface area contributed by atoms with E-state index < -0.39 is 5.82 Å². The van der Waals surface area contributed by atoms with Crippen molar-refractivity contribution in [1.82, 2.24) is 9.97 Å². The number of benzene rings is 1. The van der Waals surface area contributed by atoms with Crippen molar-refractivity contribution in [2.75, 3.05) is 11.9 Å². The molecule has 1 N–H and O–H groups in total. The average molecular weight is 354 g/mol. The van der Waals surface area contributed by atoms with Gasteiger partial charge in [0.1, 0.15) is 5.75 Å². The van der Waals surface area contributed by atoms with Crippen LogP contribution in [0.1, 0.15) is 24.5 Å². The minimum atomic E-state index is -0.588. The van der Waals surface area contributed by atoms with Gasteiger partial charge in [-0.05, 0) is 43.5 Å². The van der Waals surface area contributed by atoms with Crippen molar-refractivity contribution in [1.29, 1.82) is 0 Å². The predicted octanol–water partition coefficient (Wildman–Crippen LogP) is 4.61. The first kappa shape index (κ1) is 15.7. The molecule has 112 valence electrons. The third-order valence-electron chi connectivity index (χ3n) is 2.87. The molecule has 0 spiro atoms. The fourth-order valence-electron chi connectivity index (χ4n) is 1.82. The minimum absolute atomic E-state index is 0.0790. The maximum absolute atomic E-state index is 13.8. The van der Waals surface area contributed by atoms with Gasteiger partial charge in [0.25, 0.3) is 5.88 Å². The van der Waals surface area contributed by atoms with Crippen LogP contribution < -0.4 is 10.1 Å². The van der Waals surface area contributed by atoms with Gasteiger partial charge in [-0.2, -0.15) is 9.37 Å². The Labute approximate surface area is 131 Å². The van der Waals surface area contributed by atoms with Gasteiger partial charge in [-0.3, -0.25) is 0 Å². The molecule has 0 bridgehead atoms. The van der Waals surface area contributed by atoms with Crippen LogP contribution in [-0.4, -0.2) is 16.5 Å². The molecule has 1 aromatic heterocycles. The van der Waals surface area contributed by atoms with Crippen molar-refractivity contribution in [3.8, 4) is 11.6 Å². The Morgan fingerprint density at radius 2 is 1.95 bits per heavy atom. The third kappa shape index (κ3) is 3.91. The Hall–Kier alpha value is -1.69. The summed E-state index contributed by atoms with van der Waals surface area (Å²) in [6, 6.07) is 3.66. The van der Waals surface area contributed by atoms with Crippen molar-refractivity contribution in [2.24, 2.45) is 0 Å². The first-order valence-corrected chi connectivity index (χ1v) is 7.51. The summed E-state index contributed by atoms with van der Waals surface area (Å²) in [7, 11) is 0. The van der Waals surface area contributed by atoms with E-state index in [-0.39, 0.29) is 5.88 Å². The van der Waals surface area contributed by atoms with Crippen LogP contribution in [0.15, 0.2) is 22.8 Å². The van der Waals surface area contributed by atoms with Gasteiger partial charge in [-0.1, -0.05) is 22.9 Å². The lowest BCUT2D eigenvalue weighted by atomic mass is 10.1. The molecule has 2 rings (SSSR count). The molecule has 0 amide bonds. The molecule has 0 fully saturated rings. The number of ether oxygens (including phenoxy) is 1. The molecule has 6 heteroatoms. The van der Waals surface area contributed by atoms with Crippen molar-refractivity contribution < 1.29 is 9.13 Å². The third-order valence-corrected chi connectivity index (χ3v) is 4.12. The summed E-state index contributed by atoms with van der Waals surface area (Å²) >= 11 is 3.49. The normalized spacial score (nSPS) is 10.5. The smallest absolute Gasteiger partial charge is 0.260 e. The van der Waals surface area contributed by atoms with E-state index in [0.717, 1.165) is 34.8 Å². The fraction of sp³-hybridized carbons (Fsp3) is 0.333. The number of aromatic nitrogens is 2. The summed E-state index contributed by atoms with van der Waals surface area (Å²) in [5.41, 5.74) is 2.03. The largest absolute Gasteiger partial charge is 0.436 e. The Bertz CT molecular complexity index is 626. The zero-order valence-electron chi connectivity index (χ0n) is 12.2. The Morgan fingerprint density at radius 1 is 1.29 bits per heavy atom. The van der Waals surface area contributed by atoms with Gasteiger partial charge in [-0.25, -0.2) is 4.98 Å². The number of halogens is 2. The van der Waals surface area contributed by atoms with Crippen LogP contribution in [0.25, 0.3) is 0 Å². The van der Waals surface area contributed by atoms with Crippen LogP contribution in [-0.2, 0) is 0 Å². The molecule has 0 unspecified atom stereocenters. The number of anilines is 1. The standard InChI is InChI=1S/C15H17BrFN3O/c1-4-5-18-15-19-8-12(17)14(20-15)21-11-6-9(2)13(16)10(3)7-11/h6-8H,4-5H2,1-3H3,(H,18,19,20). The Morgan fingerprint density at radius 3 is 2.57 bits per heavy atom. The van der Waals surface area contributed by atoms with Gasteiger partial charge in [0, 0.05) is 11.0 Å². The molecule has 0 saturated carbocycles. The highest BCUT2D eigenvalue weighted by molar-refractivity contribution is 9.10. The van der Waals surface area contributed by atoms with Gasteiger partial charge >= 0.3 is 0 Å². The van der Waals surface area contributed by atoms with Gasteiger partial charge < -0.3 is 10.1 Å². The van der Waals surface area contributed by atoms with Crippen LogP contribution in [0.4, 0.5) is 10.3 Å². The average Bonchev–Trinajstić information content (AvgIpc) is 2.45. The molecular weight excluding hydrogens is 337 g/mol. The van der Waals surface area contributed by atoms with E-state index in [1.54, 1.807) is 0 Å². The number of hydrogen-bond donors (Lipinski definition) is 1. The van der Waals surface area contributed by atoms with E-state index in [2.05, 4.69) is 31.2 Å². The zero-order chi connectivity index (χ0) is 15.4. The van der Waals surface area contributed by atoms with Gasteiger partial charge in [0.15, 0.2) is 0 Å². The van der Waals surface area contributed by atoms with Crippen molar-refractivity contribution in [3.63, 3.8) is 0 Å². The molecular formula is C15H17BrFN3O. The van der Waals surface area contributed by atoms with Crippen molar-refractivity contribution in [3.05, 3.63) is 39.7 Å². The molecule has 21 heavy (non-hydrogen) atoms. The summed E-state index contributed by atoms with van der Waals surface area (Å²) in [5.74, 6) is 0.242. The molecule has 2 aromatic rings. The van der Waals surface area contributed by atoms with Gasteiger partial charge in [0.2, 0.25) is 11.8 Å². The van der Waals surface area contributed by atoms with Crippen LogP contribution in [0.2, 0.25) is 0 Å². The van der Waals surface area contributed by atoms with E-state index in [9.17, 15) is 4.39 Å². The SMILES string of the molecule is CCCNc1ncc(F)c(Oc2cc(C)c(Br)c(C)c2)n1. The van der Waals surface area contributed by atoms with Crippen molar-refractivity contribution >= 4 is 21.9 Å². The van der Waals surface area contributed by atoms with Crippen LogP contribution in [0.3, 0.4) is 0 Å². The molecule has 0 aliphatic rings. The highest BCUT2D eigenvalue weighted by Gasteiger charge is 2.11. The molecule has 1 aromatic carbocycles. The number of hydrogen-bond acceptors (Lipinski definition) is 4. The topological polar surface area (TPSA) is 47.0 Å². The number of aryl methyl sites for hydroxylation is 2. The zero-order valence-corrected chi connectivity index (χ0v) is 13.8. The lowest BCUT2D eigenvalue weighted by Gasteiger charge is -2.10. The molecule has 0 radical (unpaired) electrons. The molecule has 0 aliphatic heterocycles. The predicted molar refractivity (Wildman–Crippen MR) is 84.5 cm³/mol. The summed E-state index contributed by atoms with van der Waals surface area (Å²) in [6.07, 6.45) is 2.04. The Kier molecular flexibility index (Phi) is 5.12. The second-order valence-corrected chi connectivity index (χ2v) is 5.54. The summed E-state index contributed by atoms with van der Waals surface area (Å²) in [4.78, 5) is 7.94. The van der Waals surface area contributed by atoms with E-state index in [1.165, 1.54) is 0 Å². The number of nitrogens with zero attached hydrogens (tertiary/aromatic N) is 2. The molecule has 1 heterocycles. The quantitative estimate of drug-likeness (QED) is 0.852. The van der Waals surface area contributed by atoms with Crippen LogP contribution in [0, 0.1) is 19.7 Å². The van der Waals surface area contributed by atoms with E-state index in [1.807, 2.05) is 32.9 Å². The molecule has 0 saturated heterocycles. The Balaban J connectivity index is 2.26. The highest BCUT2D eigenvalue weighted by Crippen LogP contribution is 2.29. The fourth-order valence-corrected chi connectivity index (χ4v) is 2.05. The highest BCUT2D eigenvalue weighted by atomic mass is 79.9. The maximum Gasteiger partial charge on any atom is 0.260 e. The first-order chi connectivity index (χ1) is 10.0. The lowest BCUT2D eigenvalue weighted by Crippen LogP contribution is -2.05. The summed E-state index contributed by atoms with van der Waals surface area (Å²) in [5, 5.41) is 3.00. The van der Waals surface area contributed by atoms with Gasteiger partial charge in [0.05, 0.1) is 6.20 Å². The molecule has 0 atom stereocenters. The number of nitrogens with one attached hydrogen (secondary N) is 1. The summed E-state index contributed by atoms with van der Waals surface area (Å²) in [6.45, 7) is 6.66. The van der Waals surface area contributed by atoms with Gasteiger partial charge in [-0.15, -0.1) is 0 Å². The number of rotatable bonds is 5. The lowest BCUT2D eigenvalue weighted by molar-refractivity contribution is 0.420. The molecule has 4 nitrogen and oxygen atoms in total. The monoisotopic (exact) mass is 353 g/mol. The first-order valence-electron chi connectivity index (χ1n) is 6.72. The van der Waals surface area contributed by atoms with Crippen molar-refractivity contribution in [2.45, 2.75) is 27.2 Å². The van der Waals surface area contributed by atoms with E-state index in [4.69, 9.17) is 4.74 Å². The summed E-state index contributed by atoms with van der Waals surface area (Å²) < 4.78 is 20.3. The molecule has 0 aliphatic carbocycles. The van der Waals surface area contributed by atoms with E-state index >= 15 is 0 Å². The minimum Gasteiger partial charge on any atom is -0.436 e.